The molecule has 2 aromatic rings. The van der Waals surface area contributed by atoms with Crippen LogP contribution in [0.15, 0.2) is 25.0 Å². The molecule has 3 amide bonds. The Morgan fingerprint density at radius 3 is 1.85 bits per heavy atom. The Labute approximate surface area is 192 Å². The first-order valence-electron chi connectivity index (χ1n) is 10.2. The molecule has 0 spiro atoms. The number of aromatic nitrogens is 4. The van der Waals surface area contributed by atoms with Crippen LogP contribution in [0.5, 0.6) is 0 Å². The molecule has 0 aromatic carbocycles. The number of carbonyl (C=O) groups is 5. The fourth-order valence-corrected chi connectivity index (χ4v) is 2.98. The van der Waals surface area contributed by atoms with Crippen LogP contribution in [0.25, 0.3) is 0 Å². The Morgan fingerprint density at radius 1 is 0.853 bits per heavy atom. The van der Waals surface area contributed by atoms with E-state index in [1.54, 1.807) is 0 Å². The first-order chi connectivity index (χ1) is 16.2. The summed E-state index contributed by atoms with van der Waals surface area (Å²) in [6.07, 6.45) is 4.65. The third kappa shape index (κ3) is 8.34. The number of imidazole rings is 2. The number of hydrogen-bond acceptors (Lipinski definition) is 8. The predicted octanol–water partition coefficient (Wildman–Crippen LogP) is -2.72. The van der Waals surface area contributed by atoms with Gasteiger partial charge in [-0.15, -0.1) is 0 Å². The topological polar surface area (TPSA) is 245 Å². The van der Waals surface area contributed by atoms with Crippen LogP contribution in [0.4, 0.5) is 0 Å². The molecule has 0 saturated carbocycles. The van der Waals surface area contributed by atoms with Gasteiger partial charge in [0.1, 0.15) is 18.1 Å². The summed E-state index contributed by atoms with van der Waals surface area (Å²) in [5.41, 5.74) is 6.26. The van der Waals surface area contributed by atoms with Gasteiger partial charge in [0.25, 0.3) is 0 Å². The van der Waals surface area contributed by atoms with Gasteiger partial charge in [0.15, 0.2) is 0 Å². The van der Waals surface area contributed by atoms with Gasteiger partial charge in [-0.3, -0.25) is 19.2 Å². The second-order valence-corrected chi connectivity index (χ2v) is 7.28. The van der Waals surface area contributed by atoms with E-state index in [0.717, 1.165) is 0 Å². The Morgan fingerprint density at radius 2 is 1.38 bits per heavy atom. The van der Waals surface area contributed by atoms with E-state index in [9.17, 15) is 29.1 Å². The molecule has 0 aliphatic heterocycles. The molecule has 0 bridgehead atoms. The van der Waals surface area contributed by atoms with Crippen molar-refractivity contribution in [2.24, 2.45) is 5.73 Å². The molecule has 0 radical (unpaired) electrons. The number of amides is 3. The summed E-state index contributed by atoms with van der Waals surface area (Å²) >= 11 is 0. The molecule has 3 unspecified atom stereocenters. The zero-order chi connectivity index (χ0) is 25.1. The van der Waals surface area contributed by atoms with Crippen molar-refractivity contribution in [3.8, 4) is 0 Å². The molecule has 3 atom stereocenters. The van der Waals surface area contributed by atoms with Gasteiger partial charge in [-0.05, 0) is 6.42 Å². The lowest BCUT2D eigenvalue weighted by Gasteiger charge is -2.24. The van der Waals surface area contributed by atoms with Gasteiger partial charge in [-0.1, -0.05) is 0 Å². The number of carboxylic acids is 2. The summed E-state index contributed by atoms with van der Waals surface area (Å²) in [5.74, 6) is -4.87. The van der Waals surface area contributed by atoms with Crippen molar-refractivity contribution in [2.75, 3.05) is 6.54 Å². The zero-order valence-electron chi connectivity index (χ0n) is 18.0. The monoisotopic (exact) mass is 478 g/mol. The van der Waals surface area contributed by atoms with E-state index in [4.69, 9.17) is 10.8 Å². The molecule has 0 saturated heterocycles. The molecular weight excluding hydrogens is 452 g/mol. The normalized spacial score (nSPS) is 13.3. The minimum Gasteiger partial charge on any atom is -0.481 e. The molecule has 0 aliphatic carbocycles. The second kappa shape index (κ2) is 12.7. The third-order valence-electron chi connectivity index (χ3n) is 4.69. The number of hydrogen-bond donors (Lipinski definition) is 8. The number of nitrogens with zero attached hydrogens (tertiary/aromatic N) is 2. The van der Waals surface area contributed by atoms with Gasteiger partial charge in [-0.2, -0.15) is 0 Å². The lowest BCUT2D eigenvalue weighted by molar-refractivity contribution is -0.143. The van der Waals surface area contributed by atoms with Gasteiger partial charge in [-0.25, -0.2) is 14.8 Å². The lowest BCUT2D eigenvalue weighted by Crippen LogP contribution is -2.57. The van der Waals surface area contributed by atoms with Crippen molar-refractivity contribution in [3.63, 3.8) is 0 Å². The molecule has 9 N–H and O–H groups in total. The average molecular weight is 478 g/mol. The molecule has 15 nitrogen and oxygen atoms in total. The smallest absolute Gasteiger partial charge is 0.326 e. The summed E-state index contributed by atoms with van der Waals surface area (Å²) in [7, 11) is 0. The highest BCUT2D eigenvalue weighted by Crippen LogP contribution is 2.05. The maximum Gasteiger partial charge on any atom is 0.326 e. The van der Waals surface area contributed by atoms with E-state index in [-0.39, 0.29) is 25.8 Å². The van der Waals surface area contributed by atoms with Crippen LogP contribution < -0.4 is 21.7 Å². The zero-order valence-corrected chi connectivity index (χ0v) is 18.0. The third-order valence-corrected chi connectivity index (χ3v) is 4.69. The van der Waals surface area contributed by atoms with E-state index < -0.39 is 54.2 Å². The first-order valence-corrected chi connectivity index (χ1v) is 10.2. The Balaban J connectivity index is 2.15. The maximum atomic E-state index is 12.9. The summed E-state index contributed by atoms with van der Waals surface area (Å²) in [4.78, 5) is 73.3. The Bertz CT molecular complexity index is 977. The average Bonchev–Trinajstić information content (AvgIpc) is 3.49. The number of carbonyl (C=O) groups excluding carboxylic acids is 3. The summed E-state index contributed by atoms with van der Waals surface area (Å²) < 4.78 is 0. The number of rotatable bonds is 14. The van der Waals surface area contributed by atoms with Gasteiger partial charge in [0.2, 0.25) is 17.7 Å². The molecule has 0 aliphatic rings. The van der Waals surface area contributed by atoms with Gasteiger partial charge < -0.3 is 41.9 Å². The second-order valence-electron chi connectivity index (χ2n) is 7.28. The van der Waals surface area contributed by atoms with Gasteiger partial charge in [0.05, 0.1) is 19.2 Å². The molecule has 15 heteroatoms. The summed E-state index contributed by atoms with van der Waals surface area (Å²) in [6.45, 7) is -0.385. The van der Waals surface area contributed by atoms with Crippen molar-refractivity contribution in [2.45, 2.75) is 43.8 Å². The Kier molecular flexibility index (Phi) is 9.70. The predicted molar refractivity (Wildman–Crippen MR) is 114 cm³/mol. The number of nitrogens with two attached hydrogens (primary N) is 1. The SMILES string of the molecule is NCC(=O)NC(Cc1cnc[nH]1)C(=O)NC(CCC(=O)O)C(=O)NC(Cc1cnc[nH]1)C(=O)O. The molecule has 2 rings (SSSR count). The van der Waals surface area contributed by atoms with Crippen LogP contribution in [0, 0.1) is 0 Å². The maximum absolute atomic E-state index is 12.9. The quantitative estimate of drug-likeness (QED) is 0.139. The van der Waals surface area contributed by atoms with Crippen LogP contribution in [-0.4, -0.2) is 84.5 Å². The minimum atomic E-state index is -1.38. The fraction of sp³-hybridized carbons (Fsp3) is 0.421. The van der Waals surface area contributed by atoms with Crippen LogP contribution in [-0.2, 0) is 36.8 Å². The largest absolute Gasteiger partial charge is 0.481 e. The number of nitrogens with one attached hydrogen (secondary N) is 5. The Hall–Kier alpha value is -4.27. The number of carboxylic acid groups (broad SMARTS) is 2. The van der Waals surface area contributed by atoms with E-state index >= 15 is 0 Å². The fourth-order valence-electron chi connectivity index (χ4n) is 2.98. The number of H-pyrrole nitrogens is 2. The van der Waals surface area contributed by atoms with Crippen LogP contribution >= 0.6 is 0 Å². The van der Waals surface area contributed by atoms with Crippen molar-refractivity contribution < 1.29 is 34.2 Å². The highest BCUT2D eigenvalue weighted by molar-refractivity contribution is 5.94. The van der Waals surface area contributed by atoms with Gasteiger partial charge in [0, 0.05) is 43.0 Å². The lowest BCUT2D eigenvalue weighted by atomic mass is 10.1. The standard InChI is InChI=1S/C19H26N8O7/c20-5-15(28)25-13(3-10-6-21-8-23-10)18(32)26-12(1-2-16(29)30)17(31)27-14(19(33)34)4-11-7-22-9-24-11/h6-9,12-14H,1-5,20H2,(H,21,23)(H,22,24)(H,25,28)(H,26,32)(H,27,31)(H,29,30)(H,33,34). The number of aromatic amines is 2. The van der Waals surface area contributed by atoms with Crippen molar-refractivity contribution in [3.05, 3.63) is 36.4 Å². The number of aliphatic carboxylic acids is 2. The summed E-state index contributed by atoms with van der Waals surface area (Å²) in [5, 5.41) is 25.6. The van der Waals surface area contributed by atoms with Crippen molar-refractivity contribution >= 4 is 29.7 Å². The van der Waals surface area contributed by atoms with Crippen molar-refractivity contribution in [1.29, 1.82) is 0 Å². The van der Waals surface area contributed by atoms with Crippen LogP contribution in [0.2, 0.25) is 0 Å². The molecule has 184 valence electrons. The molecule has 2 heterocycles. The van der Waals surface area contributed by atoms with Crippen molar-refractivity contribution in [1.82, 2.24) is 35.9 Å². The molecule has 34 heavy (non-hydrogen) atoms. The van der Waals surface area contributed by atoms with Crippen LogP contribution in [0.1, 0.15) is 24.2 Å². The molecule has 2 aromatic heterocycles. The summed E-state index contributed by atoms with van der Waals surface area (Å²) in [6, 6.07) is -3.90. The first kappa shape index (κ1) is 26.0. The highest BCUT2D eigenvalue weighted by atomic mass is 16.4. The molecule has 0 fully saturated rings. The van der Waals surface area contributed by atoms with E-state index in [1.807, 2.05) is 0 Å². The van der Waals surface area contributed by atoms with Crippen LogP contribution in [0.3, 0.4) is 0 Å². The van der Waals surface area contributed by atoms with Gasteiger partial charge >= 0.3 is 11.9 Å². The van der Waals surface area contributed by atoms with E-state index in [2.05, 4.69) is 35.9 Å². The van der Waals surface area contributed by atoms with E-state index in [0.29, 0.717) is 11.4 Å². The highest BCUT2D eigenvalue weighted by Gasteiger charge is 2.30. The minimum absolute atomic E-state index is 0.0115. The molecular formula is C19H26N8O7. The van der Waals surface area contributed by atoms with E-state index in [1.165, 1.54) is 25.0 Å².